The SMILES string of the molecule is CC(=O)N1CCN(c2ccc(CN(C(=O)/C=C/c3ccc(C(C)C)cc3)[C@@H](Cc3ccccc3)C(=O)N3CCN(Cc4ccccc4)CC3)cc2)CC1. The van der Waals surface area contributed by atoms with Crippen LogP contribution >= 0.6 is 0 Å². The number of carbonyl (C=O) groups is 3. The molecule has 0 bridgehead atoms. The first-order chi connectivity index (χ1) is 25.7. The molecule has 8 nitrogen and oxygen atoms in total. The molecule has 53 heavy (non-hydrogen) atoms. The van der Waals surface area contributed by atoms with Gasteiger partial charge in [-0.25, -0.2) is 0 Å². The molecule has 0 aliphatic carbocycles. The molecule has 0 aromatic heterocycles. The zero-order chi connectivity index (χ0) is 37.2. The van der Waals surface area contributed by atoms with Gasteiger partial charge in [0.1, 0.15) is 6.04 Å². The van der Waals surface area contributed by atoms with Gasteiger partial charge in [-0.1, -0.05) is 111 Å². The molecule has 0 unspecified atom stereocenters. The molecule has 2 saturated heterocycles. The highest BCUT2D eigenvalue weighted by Gasteiger charge is 2.34. The summed E-state index contributed by atoms with van der Waals surface area (Å²) < 4.78 is 0. The van der Waals surface area contributed by atoms with Crippen LogP contribution in [0.1, 0.15) is 54.5 Å². The van der Waals surface area contributed by atoms with Gasteiger partial charge in [0.05, 0.1) is 0 Å². The molecule has 3 amide bonds. The number of piperazine rings is 2. The fourth-order valence-electron chi connectivity index (χ4n) is 7.23. The number of nitrogens with zero attached hydrogens (tertiary/aromatic N) is 5. The van der Waals surface area contributed by atoms with Crippen molar-refractivity contribution in [3.8, 4) is 0 Å². The molecular formula is C45H53N5O3. The van der Waals surface area contributed by atoms with Gasteiger partial charge < -0.3 is 19.6 Å². The molecule has 6 rings (SSSR count). The van der Waals surface area contributed by atoms with E-state index in [0.717, 1.165) is 55.1 Å². The minimum Gasteiger partial charge on any atom is -0.368 e. The van der Waals surface area contributed by atoms with Crippen LogP contribution in [0, 0.1) is 0 Å². The highest BCUT2D eigenvalue weighted by molar-refractivity contribution is 5.96. The summed E-state index contributed by atoms with van der Waals surface area (Å²) in [4.78, 5) is 51.2. The molecule has 2 aliphatic rings. The first-order valence-electron chi connectivity index (χ1n) is 19.0. The maximum absolute atomic E-state index is 14.7. The second-order valence-electron chi connectivity index (χ2n) is 14.6. The zero-order valence-corrected chi connectivity index (χ0v) is 31.4. The Morgan fingerprint density at radius 1 is 0.660 bits per heavy atom. The van der Waals surface area contributed by atoms with Gasteiger partial charge in [0.15, 0.2) is 0 Å². The predicted molar refractivity (Wildman–Crippen MR) is 213 cm³/mol. The lowest BCUT2D eigenvalue weighted by Gasteiger charge is -2.39. The minimum atomic E-state index is -0.683. The zero-order valence-electron chi connectivity index (χ0n) is 31.4. The van der Waals surface area contributed by atoms with Crippen LogP contribution < -0.4 is 4.90 Å². The molecule has 276 valence electrons. The van der Waals surface area contributed by atoms with Crippen molar-refractivity contribution < 1.29 is 14.4 Å². The maximum atomic E-state index is 14.7. The molecule has 4 aromatic rings. The molecule has 2 aliphatic heterocycles. The predicted octanol–water partition coefficient (Wildman–Crippen LogP) is 6.48. The fourth-order valence-corrected chi connectivity index (χ4v) is 7.23. The standard InChI is InChI=1S/C45H53N5O3/c1-35(2)41-19-14-37(15-20-41)18-23-44(52)50(34-40-16-21-42(22-17-40)48-30-28-47(29-31-48)36(3)51)43(32-38-10-6-4-7-11-38)45(53)49-26-24-46(25-27-49)33-39-12-8-5-9-13-39/h4-23,35,43H,24-34H2,1-3H3/b23-18+/t43-/m0/s1. The molecule has 8 heteroatoms. The van der Waals surface area contributed by atoms with Gasteiger partial charge >= 0.3 is 0 Å². The van der Waals surface area contributed by atoms with Gasteiger partial charge in [0, 0.05) is 90.6 Å². The van der Waals surface area contributed by atoms with Crippen molar-refractivity contribution in [2.75, 3.05) is 57.3 Å². The van der Waals surface area contributed by atoms with Crippen LogP contribution in [0.2, 0.25) is 0 Å². The lowest BCUT2D eigenvalue weighted by Crippen LogP contribution is -2.56. The van der Waals surface area contributed by atoms with Crippen molar-refractivity contribution in [3.63, 3.8) is 0 Å². The Hall–Kier alpha value is -5.21. The molecule has 0 spiro atoms. The summed E-state index contributed by atoms with van der Waals surface area (Å²) in [6.07, 6.45) is 3.90. The van der Waals surface area contributed by atoms with E-state index in [1.54, 1.807) is 17.9 Å². The van der Waals surface area contributed by atoms with Gasteiger partial charge in [0.25, 0.3) is 0 Å². The molecule has 2 fully saturated rings. The average molecular weight is 712 g/mol. The minimum absolute atomic E-state index is 0.0174. The summed E-state index contributed by atoms with van der Waals surface area (Å²) in [7, 11) is 0. The number of rotatable bonds is 12. The van der Waals surface area contributed by atoms with Crippen molar-refractivity contribution in [1.82, 2.24) is 19.6 Å². The van der Waals surface area contributed by atoms with Crippen molar-refractivity contribution in [2.24, 2.45) is 0 Å². The van der Waals surface area contributed by atoms with E-state index in [0.29, 0.717) is 45.1 Å². The Morgan fingerprint density at radius 3 is 1.83 bits per heavy atom. The van der Waals surface area contributed by atoms with Crippen LogP contribution in [0.4, 0.5) is 5.69 Å². The van der Waals surface area contributed by atoms with E-state index in [1.807, 2.05) is 64.4 Å². The number of benzene rings is 4. The van der Waals surface area contributed by atoms with E-state index in [4.69, 9.17) is 0 Å². The molecule has 4 aromatic carbocycles. The van der Waals surface area contributed by atoms with E-state index in [1.165, 1.54) is 11.1 Å². The Kier molecular flexibility index (Phi) is 12.8. The van der Waals surface area contributed by atoms with Crippen LogP contribution in [0.5, 0.6) is 0 Å². The molecule has 1 atom stereocenters. The third-order valence-corrected chi connectivity index (χ3v) is 10.6. The second kappa shape index (κ2) is 18.0. The molecule has 0 N–H and O–H groups in total. The number of carbonyl (C=O) groups excluding carboxylic acids is 3. The summed E-state index contributed by atoms with van der Waals surface area (Å²) >= 11 is 0. The van der Waals surface area contributed by atoms with Crippen LogP contribution in [-0.2, 0) is 33.9 Å². The summed E-state index contributed by atoms with van der Waals surface area (Å²) in [5.41, 5.74) is 6.51. The van der Waals surface area contributed by atoms with Crippen molar-refractivity contribution in [2.45, 2.75) is 52.2 Å². The second-order valence-corrected chi connectivity index (χ2v) is 14.6. The monoisotopic (exact) mass is 711 g/mol. The van der Waals surface area contributed by atoms with E-state index in [2.05, 4.69) is 84.3 Å². The summed E-state index contributed by atoms with van der Waals surface area (Å²) in [5, 5.41) is 0. The topological polar surface area (TPSA) is 67.4 Å². The molecule has 0 saturated carbocycles. The van der Waals surface area contributed by atoms with Gasteiger partial charge in [-0.3, -0.25) is 19.3 Å². The van der Waals surface area contributed by atoms with Crippen molar-refractivity contribution in [1.29, 1.82) is 0 Å². The first kappa shape index (κ1) is 37.5. The highest BCUT2D eigenvalue weighted by atomic mass is 16.2. The fraction of sp³-hybridized carbons (Fsp3) is 0.356. The average Bonchev–Trinajstić information content (AvgIpc) is 3.19. The quantitative estimate of drug-likeness (QED) is 0.158. The van der Waals surface area contributed by atoms with E-state index in [-0.39, 0.29) is 17.7 Å². The number of hydrogen-bond acceptors (Lipinski definition) is 5. The third-order valence-electron chi connectivity index (χ3n) is 10.6. The van der Waals surface area contributed by atoms with E-state index in [9.17, 15) is 14.4 Å². The lowest BCUT2D eigenvalue weighted by molar-refractivity contribution is -0.145. The lowest BCUT2D eigenvalue weighted by atomic mass is 10.0. The highest BCUT2D eigenvalue weighted by Crippen LogP contribution is 2.23. The van der Waals surface area contributed by atoms with E-state index < -0.39 is 6.04 Å². The van der Waals surface area contributed by atoms with Crippen LogP contribution in [-0.4, -0.2) is 95.7 Å². The van der Waals surface area contributed by atoms with Gasteiger partial charge in [-0.2, -0.15) is 0 Å². The van der Waals surface area contributed by atoms with Gasteiger partial charge in [0.2, 0.25) is 17.7 Å². The van der Waals surface area contributed by atoms with Gasteiger partial charge in [-0.05, 0) is 51.9 Å². The Labute approximate surface area is 315 Å². The number of hydrogen-bond donors (Lipinski definition) is 0. The number of anilines is 1. The normalized spacial score (nSPS) is 15.9. The number of amides is 3. The van der Waals surface area contributed by atoms with Crippen LogP contribution in [0.15, 0.2) is 115 Å². The Balaban J connectivity index is 1.25. The summed E-state index contributed by atoms with van der Waals surface area (Å²) in [6, 6.07) is 36.4. The molecule has 2 heterocycles. The maximum Gasteiger partial charge on any atom is 0.247 e. The van der Waals surface area contributed by atoms with Gasteiger partial charge in [-0.15, -0.1) is 0 Å². The van der Waals surface area contributed by atoms with Crippen LogP contribution in [0.25, 0.3) is 6.08 Å². The smallest absolute Gasteiger partial charge is 0.247 e. The Bertz CT molecular complexity index is 1810. The van der Waals surface area contributed by atoms with Crippen molar-refractivity contribution in [3.05, 3.63) is 143 Å². The molecular weight excluding hydrogens is 659 g/mol. The summed E-state index contributed by atoms with van der Waals surface area (Å²) in [5.74, 6) is 0.322. The Morgan fingerprint density at radius 2 is 1.25 bits per heavy atom. The van der Waals surface area contributed by atoms with Crippen LogP contribution in [0.3, 0.4) is 0 Å². The van der Waals surface area contributed by atoms with Crippen molar-refractivity contribution >= 4 is 29.5 Å². The third kappa shape index (κ3) is 10.2. The largest absolute Gasteiger partial charge is 0.368 e. The first-order valence-corrected chi connectivity index (χ1v) is 19.0. The molecule has 0 radical (unpaired) electrons. The van der Waals surface area contributed by atoms with E-state index >= 15 is 0 Å². The summed E-state index contributed by atoms with van der Waals surface area (Å²) in [6.45, 7) is 12.9.